The number of nitrogens with zero attached hydrogens (tertiary/aromatic N) is 2. The summed E-state index contributed by atoms with van der Waals surface area (Å²) in [7, 11) is 0. The van der Waals surface area contributed by atoms with Crippen LogP contribution in [0.1, 0.15) is 28.1 Å². The standard InChI is InChI=1S/C20H20N4S.CH2O2/c21-18(22)24-19-23-16-11-12-20(13-17(16)25-19,14-7-3-1-4-8-14)15-9-5-2-6-10-15;2-1-3/h1-10H,11-13H2,(H4,21,22,23,24);1H,(H,2,3). The molecule has 0 amide bonds. The molecule has 3 aromatic rings. The number of aliphatic imine (C=N–C) groups is 1. The van der Waals surface area contributed by atoms with E-state index < -0.39 is 0 Å². The van der Waals surface area contributed by atoms with Gasteiger partial charge in [0.2, 0.25) is 5.13 Å². The van der Waals surface area contributed by atoms with E-state index in [1.165, 1.54) is 16.0 Å². The molecule has 28 heavy (non-hydrogen) atoms. The Labute approximate surface area is 167 Å². The van der Waals surface area contributed by atoms with Gasteiger partial charge in [0.1, 0.15) is 0 Å². The first-order valence-corrected chi connectivity index (χ1v) is 9.68. The van der Waals surface area contributed by atoms with E-state index >= 15 is 0 Å². The van der Waals surface area contributed by atoms with Crippen molar-refractivity contribution in [3.05, 3.63) is 82.4 Å². The largest absolute Gasteiger partial charge is 0.483 e. The molecule has 0 fully saturated rings. The fraction of sp³-hybridized carbons (Fsp3) is 0.190. The maximum atomic E-state index is 8.36. The quantitative estimate of drug-likeness (QED) is 0.358. The first kappa shape index (κ1) is 19.6. The van der Waals surface area contributed by atoms with Crippen LogP contribution in [0.15, 0.2) is 65.7 Å². The number of fused-ring (bicyclic) bond motifs is 1. The van der Waals surface area contributed by atoms with Crippen molar-refractivity contribution in [2.45, 2.75) is 24.7 Å². The smallest absolute Gasteiger partial charge is 0.290 e. The highest BCUT2D eigenvalue weighted by atomic mass is 32.1. The number of guanidine groups is 1. The number of hydrogen-bond donors (Lipinski definition) is 3. The van der Waals surface area contributed by atoms with E-state index in [1.807, 2.05) is 0 Å². The van der Waals surface area contributed by atoms with E-state index in [0.29, 0.717) is 5.13 Å². The Kier molecular flexibility index (Phi) is 6.06. The summed E-state index contributed by atoms with van der Waals surface area (Å²) in [5, 5.41) is 7.54. The molecule has 7 heteroatoms. The second kappa shape index (κ2) is 8.67. The average molecular weight is 395 g/mol. The van der Waals surface area contributed by atoms with Gasteiger partial charge in [0.05, 0.1) is 5.69 Å². The van der Waals surface area contributed by atoms with Crippen LogP contribution in [0.25, 0.3) is 0 Å². The summed E-state index contributed by atoms with van der Waals surface area (Å²) in [6.45, 7) is -0.250. The van der Waals surface area contributed by atoms with Gasteiger partial charge in [0, 0.05) is 10.3 Å². The van der Waals surface area contributed by atoms with Crippen LogP contribution in [0.4, 0.5) is 5.13 Å². The van der Waals surface area contributed by atoms with E-state index in [1.54, 1.807) is 11.3 Å². The molecule has 6 nitrogen and oxygen atoms in total. The molecule has 0 saturated heterocycles. The Morgan fingerprint density at radius 2 is 1.61 bits per heavy atom. The van der Waals surface area contributed by atoms with Crippen LogP contribution < -0.4 is 11.5 Å². The Morgan fingerprint density at radius 1 is 1.07 bits per heavy atom. The molecule has 144 valence electrons. The lowest BCUT2D eigenvalue weighted by Crippen LogP contribution is -2.34. The number of rotatable bonds is 3. The van der Waals surface area contributed by atoms with E-state index in [4.69, 9.17) is 21.4 Å². The molecule has 0 spiro atoms. The van der Waals surface area contributed by atoms with E-state index in [0.717, 1.165) is 25.0 Å². The zero-order chi connectivity index (χ0) is 20.0. The minimum Gasteiger partial charge on any atom is -0.483 e. The molecule has 0 bridgehead atoms. The Balaban J connectivity index is 0.000000706. The molecule has 0 radical (unpaired) electrons. The summed E-state index contributed by atoms with van der Waals surface area (Å²) in [6.07, 6.45) is 2.88. The molecule has 1 aromatic heterocycles. The van der Waals surface area contributed by atoms with Crippen molar-refractivity contribution in [3.63, 3.8) is 0 Å². The number of carboxylic acid groups (broad SMARTS) is 1. The van der Waals surface area contributed by atoms with Crippen molar-refractivity contribution in [3.8, 4) is 0 Å². The van der Waals surface area contributed by atoms with Gasteiger partial charge in [-0.1, -0.05) is 72.0 Å². The maximum absolute atomic E-state index is 8.36. The molecule has 0 aliphatic heterocycles. The van der Waals surface area contributed by atoms with Gasteiger partial charge in [-0.05, 0) is 30.4 Å². The monoisotopic (exact) mass is 394 g/mol. The molecule has 0 unspecified atom stereocenters. The van der Waals surface area contributed by atoms with Crippen LogP contribution in [-0.2, 0) is 23.1 Å². The summed E-state index contributed by atoms with van der Waals surface area (Å²) < 4.78 is 0. The number of aryl methyl sites for hydroxylation is 1. The zero-order valence-electron chi connectivity index (χ0n) is 15.3. The van der Waals surface area contributed by atoms with Crippen molar-refractivity contribution in [1.82, 2.24) is 4.98 Å². The normalized spacial score (nSPS) is 14.1. The summed E-state index contributed by atoms with van der Waals surface area (Å²) in [6, 6.07) is 21.5. The molecule has 0 atom stereocenters. The third-order valence-corrected chi connectivity index (χ3v) is 5.89. The van der Waals surface area contributed by atoms with E-state index in [9.17, 15) is 0 Å². The van der Waals surface area contributed by atoms with Crippen molar-refractivity contribution in [2.75, 3.05) is 0 Å². The molecule has 4 rings (SSSR count). The SMILES string of the molecule is NC(N)=Nc1nc2c(s1)CC(c1ccccc1)(c1ccccc1)CC2.O=CO. The van der Waals surface area contributed by atoms with Gasteiger partial charge in [0.25, 0.3) is 6.47 Å². The predicted molar refractivity (Wildman–Crippen MR) is 112 cm³/mol. The lowest BCUT2D eigenvalue weighted by atomic mass is 9.66. The van der Waals surface area contributed by atoms with E-state index in [-0.39, 0.29) is 17.8 Å². The van der Waals surface area contributed by atoms with Crippen molar-refractivity contribution < 1.29 is 9.90 Å². The number of benzene rings is 2. The van der Waals surface area contributed by atoms with E-state index in [2.05, 4.69) is 70.6 Å². The van der Waals surface area contributed by atoms with Crippen LogP contribution in [-0.4, -0.2) is 22.5 Å². The topological polar surface area (TPSA) is 115 Å². The predicted octanol–water partition coefficient (Wildman–Crippen LogP) is 3.22. The molecular formula is C21H22N4O2S. The highest BCUT2D eigenvalue weighted by molar-refractivity contribution is 7.15. The highest BCUT2D eigenvalue weighted by Crippen LogP contribution is 2.46. The summed E-state index contributed by atoms with van der Waals surface area (Å²) in [5.74, 6) is 0.0588. The third-order valence-electron chi connectivity index (χ3n) is 4.90. The first-order valence-electron chi connectivity index (χ1n) is 8.86. The Morgan fingerprint density at radius 3 is 2.11 bits per heavy atom. The second-order valence-electron chi connectivity index (χ2n) is 6.50. The van der Waals surface area contributed by atoms with Gasteiger partial charge >= 0.3 is 0 Å². The lowest BCUT2D eigenvalue weighted by Gasteiger charge is -2.38. The lowest BCUT2D eigenvalue weighted by molar-refractivity contribution is -0.122. The Hall–Kier alpha value is -3.19. The minimum absolute atomic E-state index is 0.0305. The van der Waals surface area contributed by atoms with Crippen molar-refractivity contribution in [2.24, 2.45) is 16.5 Å². The maximum Gasteiger partial charge on any atom is 0.290 e. The molecule has 1 aliphatic carbocycles. The van der Waals surface area contributed by atoms with Gasteiger partial charge in [-0.25, -0.2) is 4.98 Å². The fourth-order valence-corrected chi connectivity index (χ4v) is 4.84. The summed E-state index contributed by atoms with van der Waals surface area (Å²) >= 11 is 1.60. The molecule has 1 heterocycles. The number of nitrogens with two attached hydrogens (primary N) is 2. The molecule has 2 aromatic carbocycles. The Bertz CT molecular complexity index is 912. The average Bonchev–Trinajstić information content (AvgIpc) is 3.10. The van der Waals surface area contributed by atoms with Gasteiger partial charge in [-0.15, -0.1) is 0 Å². The third kappa shape index (κ3) is 4.04. The zero-order valence-corrected chi connectivity index (χ0v) is 16.1. The number of aromatic nitrogens is 1. The summed E-state index contributed by atoms with van der Waals surface area (Å²) in [5.41, 5.74) is 14.8. The van der Waals surface area contributed by atoms with Crippen LogP contribution in [0, 0.1) is 0 Å². The van der Waals surface area contributed by atoms with Crippen LogP contribution in [0.2, 0.25) is 0 Å². The van der Waals surface area contributed by atoms with Crippen LogP contribution in [0.5, 0.6) is 0 Å². The number of hydrogen-bond acceptors (Lipinski definition) is 4. The van der Waals surface area contributed by atoms with Crippen molar-refractivity contribution >= 4 is 28.9 Å². The van der Waals surface area contributed by atoms with Crippen LogP contribution in [0.3, 0.4) is 0 Å². The first-order chi connectivity index (χ1) is 13.6. The van der Waals surface area contributed by atoms with Gasteiger partial charge < -0.3 is 16.6 Å². The number of carbonyl (C=O) groups is 1. The van der Waals surface area contributed by atoms with Gasteiger partial charge in [-0.2, -0.15) is 4.99 Å². The van der Waals surface area contributed by atoms with Crippen LogP contribution >= 0.6 is 11.3 Å². The molecular weight excluding hydrogens is 372 g/mol. The molecule has 5 N–H and O–H groups in total. The second-order valence-corrected chi connectivity index (χ2v) is 7.56. The van der Waals surface area contributed by atoms with Crippen molar-refractivity contribution in [1.29, 1.82) is 0 Å². The number of thiazole rings is 1. The van der Waals surface area contributed by atoms with Gasteiger partial charge in [-0.3, -0.25) is 4.79 Å². The summed E-state index contributed by atoms with van der Waals surface area (Å²) in [4.78, 5) is 18.4. The minimum atomic E-state index is -0.250. The highest BCUT2D eigenvalue weighted by Gasteiger charge is 2.39. The van der Waals surface area contributed by atoms with Gasteiger partial charge in [0.15, 0.2) is 5.96 Å². The molecule has 1 aliphatic rings. The molecule has 0 saturated carbocycles. The fourth-order valence-electron chi connectivity index (χ4n) is 3.73.